The van der Waals surface area contributed by atoms with Crippen molar-refractivity contribution in [1.82, 2.24) is 0 Å². The fourth-order valence-corrected chi connectivity index (χ4v) is 3.86. The summed E-state index contributed by atoms with van der Waals surface area (Å²) in [6.45, 7) is 1.40. The summed E-state index contributed by atoms with van der Waals surface area (Å²) >= 11 is 1.26. The number of non-ortho nitro benzene ring substituents is 1. The number of hydrogen-bond acceptors (Lipinski definition) is 6. The van der Waals surface area contributed by atoms with Crippen molar-refractivity contribution < 1.29 is 14.5 Å². The zero-order valence-electron chi connectivity index (χ0n) is 16.9. The Morgan fingerprint density at radius 1 is 1.03 bits per heavy atom. The van der Waals surface area contributed by atoms with Crippen molar-refractivity contribution >= 4 is 40.9 Å². The lowest BCUT2D eigenvalue weighted by atomic mass is 10.0. The maximum absolute atomic E-state index is 12.8. The zero-order valence-corrected chi connectivity index (χ0v) is 17.8. The second-order valence-corrected chi connectivity index (χ2v) is 7.71. The van der Waals surface area contributed by atoms with Crippen LogP contribution in [0.1, 0.15) is 22.8 Å². The summed E-state index contributed by atoms with van der Waals surface area (Å²) in [5, 5.41) is 23.6. The first-order valence-corrected chi connectivity index (χ1v) is 10.2. The molecule has 0 bridgehead atoms. The molecule has 158 valence electrons. The number of amides is 1. The molecule has 32 heavy (non-hydrogen) atoms. The molecule has 0 heterocycles. The van der Waals surface area contributed by atoms with Gasteiger partial charge in [-0.05, 0) is 29.8 Å². The average Bonchev–Trinajstić information content (AvgIpc) is 2.79. The molecule has 0 spiro atoms. The van der Waals surface area contributed by atoms with Crippen molar-refractivity contribution in [2.75, 3.05) is 5.32 Å². The molecule has 8 heteroatoms. The van der Waals surface area contributed by atoms with Gasteiger partial charge in [0.15, 0.2) is 0 Å². The minimum Gasteiger partial charge on any atom is -0.325 e. The molecule has 0 saturated heterocycles. The minimum absolute atomic E-state index is 0.145. The number of anilines is 1. The van der Waals surface area contributed by atoms with Crippen LogP contribution in [0, 0.1) is 21.4 Å². The van der Waals surface area contributed by atoms with Crippen LogP contribution in [0.3, 0.4) is 0 Å². The number of nitrogens with zero attached hydrogens (tertiary/aromatic N) is 2. The van der Waals surface area contributed by atoms with Crippen molar-refractivity contribution in [2.45, 2.75) is 16.7 Å². The van der Waals surface area contributed by atoms with Crippen LogP contribution in [0.25, 0.3) is 6.08 Å². The predicted molar refractivity (Wildman–Crippen MR) is 122 cm³/mol. The van der Waals surface area contributed by atoms with Crippen LogP contribution in [0.4, 0.5) is 11.4 Å². The first-order chi connectivity index (χ1) is 15.4. The topological polar surface area (TPSA) is 113 Å². The molecule has 3 aromatic rings. The number of ketones is 1. The molecule has 0 unspecified atom stereocenters. The number of allylic oxidation sites excluding steroid dienone is 1. The van der Waals surface area contributed by atoms with Gasteiger partial charge in [0.05, 0.1) is 10.6 Å². The minimum atomic E-state index is -0.540. The highest BCUT2D eigenvalue weighted by Crippen LogP contribution is 2.37. The van der Waals surface area contributed by atoms with Gasteiger partial charge in [0, 0.05) is 34.4 Å². The van der Waals surface area contributed by atoms with Crippen molar-refractivity contribution in [2.24, 2.45) is 0 Å². The van der Waals surface area contributed by atoms with Gasteiger partial charge in [-0.3, -0.25) is 19.7 Å². The fraction of sp³-hybridized carbons (Fsp3) is 0.0417. The highest BCUT2D eigenvalue weighted by molar-refractivity contribution is 7.99. The molecule has 0 atom stereocenters. The van der Waals surface area contributed by atoms with Gasteiger partial charge in [0.1, 0.15) is 11.6 Å². The van der Waals surface area contributed by atoms with E-state index in [-0.39, 0.29) is 17.2 Å². The van der Waals surface area contributed by atoms with E-state index in [1.54, 1.807) is 60.7 Å². The monoisotopic (exact) mass is 443 g/mol. The Morgan fingerprint density at radius 2 is 1.72 bits per heavy atom. The summed E-state index contributed by atoms with van der Waals surface area (Å²) in [6.07, 6.45) is 1.35. The van der Waals surface area contributed by atoms with E-state index in [1.807, 2.05) is 6.07 Å². The molecule has 0 aliphatic rings. The molecule has 0 radical (unpaired) electrons. The van der Waals surface area contributed by atoms with Gasteiger partial charge < -0.3 is 5.32 Å². The molecule has 3 rings (SSSR count). The normalized spacial score (nSPS) is 10.8. The summed E-state index contributed by atoms with van der Waals surface area (Å²) in [6, 6.07) is 21.6. The molecule has 0 aliphatic carbocycles. The summed E-state index contributed by atoms with van der Waals surface area (Å²) in [7, 11) is 0. The molecule has 0 saturated carbocycles. The Hall–Kier alpha value is -4.22. The number of nitro benzene ring substituents is 1. The number of hydrogen-bond donors (Lipinski definition) is 1. The number of rotatable bonds is 7. The van der Waals surface area contributed by atoms with Gasteiger partial charge in [-0.1, -0.05) is 54.2 Å². The van der Waals surface area contributed by atoms with E-state index in [4.69, 9.17) is 0 Å². The molecule has 7 nitrogen and oxygen atoms in total. The summed E-state index contributed by atoms with van der Waals surface area (Å²) in [5.74, 6) is -0.712. The quantitative estimate of drug-likeness (QED) is 0.170. The van der Waals surface area contributed by atoms with Gasteiger partial charge in [-0.2, -0.15) is 5.26 Å². The predicted octanol–water partition coefficient (Wildman–Crippen LogP) is 5.49. The third-order valence-electron chi connectivity index (χ3n) is 4.32. The molecular formula is C24H17N3O4S. The maximum Gasteiger partial charge on any atom is 0.270 e. The Labute approximate surface area is 188 Å². The van der Waals surface area contributed by atoms with E-state index in [0.29, 0.717) is 26.6 Å². The standard InChI is InChI=1S/C24H17N3O4S/c1-16(28)26-21-9-5-6-10-23(21)32-22-12-11-20(27(30)31)14-18(22)13-19(15-25)24(29)17-7-3-2-4-8-17/h2-14H,1H3,(H,26,28)/b19-13-. The van der Waals surface area contributed by atoms with E-state index in [0.717, 1.165) is 0 Å². The number of nitrogens with one attached hydrogen (secondary N) is 1. The van der Waals surface area contributed by atoms with E-state index in [2.05, 4.69) is 5.32 Å². The van der Waals surface area contributed by atoms with Gasteiger partial charge in [-0.25, -0.2) is 0 Å². The molecule has 0 aliphatic heterocycles. The van der Waals surface area contributed by atoms with E-state index < -0.39 is 10.7 Å². The van der Waals surface area contributed by atoms with Crippen LogP contribution in [0.15, 0.2) is 88.2 Å². The number of para-hydroxylation sites is 1. The SMILES string of the molecule is CC(=O)Nc1ccccc1Sc1ccc([N+](=O)[O-])cc1/C=C(/C#N)C(=O)c1ccccc1. The lowest BCUT2D eigenvalue weighted by Crippen LogP contribution is -2.06. The average molecular weight is 443 g/mol. The molecular weight excluding hydrogens is 426 g/mol. The van der Waals surface area contributed by atoms with Crippen LogP contribution < -0.4 is 5.32 Å². The largest absolute Gasteiger partial charge is 0.325 e. The second-order valence-electron chi connectivity index (χ2n) is 6.62. The number of carbonyl (C=O) groups excluding carboxylic acids is 2. The third kappa shape index (κ3) is 5.47. The lowest BCUT2D eigenvalue weighted by Gasteiger charge is -2.11. The van der Waals surface area contributed by atoms with Gasteiger partial charge in [-0.15, -0.1) is 0 Å². The third-order valence-corrected chi connectivity index (χ3v) is 5.49. The van der Waals surface area contributed by atoms with Gasteiger partial charge >= 0.3 is 0 Å². The lowest BCUT2D eigenvalue weighted by molar-refractivity contribution is -0.384. The molecule has 1 amide bonds. The Morgan fingerprint density at radius 3 is 2.38 bits per heavy atom. The highest BCUT2D eigenvalue weighted by Gasteiger charge is 2.16. The first-order valence-electron chi connectivity index (χ1n) is 9.43. The Bertz CT molecular complexity index is 1260. The maximum atomic E-state index is 12.8. The van der Waals surface area contributed by atoms with Crippen LogP contribution in [0.2, 0.25) is 0 Å². The molecule has 0 fully saturated rings. The van der Waals surface area contributed by atoms with E-state index in [1.165, 1.54) is 36.9 Å². The zero-order chi connectivity index (χ0) is 23.1. The number of nitriles is 1. The fourth-order valence-electron chi connectivity index (χ4n) is 2.87. The number of nitro groups is 1. The van der Waals surface area contributed by atoms with Crippen LogP contribution in [-0.2, 0) is 4.79 Å². The van der Waals surface area contributed by atoms with Crippen molar-refractivity contribution in [3.63, 3.8) is 0 Å². The van der Waals surface area contributed by atoms with Crippen molar-refractivity contribution in [3.8, 4) is 6.07 Å². The number of Topliss-reactive ketones (excluding diaryl/α,β-unsaturated/α-hetero) is 1. The summed E-state index contributed by atoms with van der Waals surface area (Å²) in [5.41, 5.74) is 0.964. The summed E-state index contributed by atoms with van der Waals surface area (Å²) in [4.78, 5) is 36.3. The smallest absolute Gasteiger partial charge is 0.270 e. The second kappa shape index (κ2) is 10.2. The van der Waals surface area contributed by atoms with Crippen LogP contribution >= 0.6 is 11.8 Å². The van der Waals surface area contributed by atoms with Crippen LogP contribution in [-0.4, -0.2) is 16.6 Å². The molecule has 1 N–H and O–H groups in total. The van der Waals surface area contributed by atoms with Crippen LogP contribution in [0.5, 0.6) is 0 Å². The van der Waals surface area contributed by atoms with Crippen molar-refractivity contribution in [3.05, 3.63) is 99.6 Å². The van der Waals surface area contributed by atoms with E-state index >= 15 is 0 Å². The molecule has 0 aromatic heterocycles. The van der Waals surface area contributed by atoms with Gasteiger partial charge in [0.25, 0.3) is 5.69 Å². The van der Waals surface area contributed by atoms with Crippen molar-refractivity contribution in [1.29, 1.82) is 5.26 Å². The van der Waals surface area contributed by atoms with Gasteiger partial charge in [0.2, 0.25) is 11.7 Å². The summed E-state index contributed by atoms with van der Waals surface area (Å²) < 4.78 is 0. The Balaban J connectivity index is 2.07. The first kappa shape index (κ1) is 22.5. The molecule has 3 aromatic carbocycles. The highest BCUT2D eigenvalue weighted by atomic mass is 32.2. The number of carbonyl (C=O) groups is 2. The Kier molecular flexibility index (Phi) is 7.16. The van der Waals surface area contributed by atoms with E-state index in [9.17, 15) is 25.0 Å². The number of benzene rings is 3.